The van der Waals surface area contributed by atoms with Gasteiger partial charge in [-0.1, -0.05) is 0 Å². The average molecular weight is 449 g/mol. The molecule has 9 nitrogen and oxygen atoms in total. The van der Waals surface area contributed by atoms with E-state index < -0.39 is 5.54 Å². The summed E-state index contributed by atoms with van der Waals surface area (Å²) in [5.41, 5.74) is 1.36. The van der Waals surface area contributed by atoms with Crippen molar-refractivity contribution in [2.24, 2.45) is 0 Å². The number of hydrogen-bond acceptors (Lipinski definition) is 8. The molecule has 1 saturated carbocycles. The van der Waals surface area contributed by atoms with E-state index in [1.54, 1.807) is 6.20 Å². The van der Waals surface area contributed by atoms with E-state index in [9.17, 15) is 4.79 Å². The number of nitrogens with one attached hydrogen (secondary N) is 2. The number of thiazole rings is 1. The fraction of sp³-hybridized carbons (Fsp3) is 0.409. The van der Waals surface area contributed by atoms with Crippen molar-refractivity contribution in [1.82, 2.24) is 29.8 Å². The molecule has 4 aromatic rings. The number of aromatic amines is 1. The minimum absolute atomic E-state index is 0.150. The van der Waals surface area contributed by atoms with E-state index in [0.29, 0.717) is 24.1 Å². The summed E-state index contributed by atoms with van der Waals surface area (Å²) in [6.45, 7) is 2.74. The first kappa shape index (κ1) is 19.4. The third-order valence-corrected chi connectivity index (χ3v) is 7.30. The number of hydrogen-bond donors (Lipinski definition) is 2. The van der Waals surface area contributed by atoms with Gasteiger partial charge in [0.15, 0.2) is 17.4 Å². The molecule has 6 rings (SSSR count). The summed E-state index contributed by atoms with van der Waals surface area (Å²) in [6.07, 6.45) is 8.09. The van der Waals surface area contributed by atoms with Gasteiger partial charge in [0.2, 0.25) is 5.95 Å². The van der Waals surface area contributed by atoms with E-state index in [-0.39, 0.29) is 5.78 Å². The van der Waals surface area contributed by atoms with Gasteiger partial charge >= 0.3 is 0 Å². The van der Waals surface area contributed by atoms with Crippen LogP contribution in [0.2, 0.25) is 0 Å². The van der Waals surface area contributed by atoms with Crippen molar-refractivity contribution in [1.29, 1.82) is 0 Å². The Labute approximate surface area is 188 Å². The monoisotopic (exact) mass is 448 g/mol. The average Bonchev–Trinajstić information content (AvgIpc) is 3.22. The third kappa shape index (κ3) is 3.35. The summed E-state index contributed by atoms with van der Waals surface area (Å²) in [7, 11) is 0. The lowest BCUT2D eigenvalue weighted by molar-refractivity contribution is -0.122. The summed E-state index contributed by atoms with van der Waals surface area (Å²) in [5.74, 6) is 2.71. The zero-order valence-corrected chi connectivity index (χ0v) is 18.6. The fourth-order valence-corrected chi connectivity index (χ4v) is 5.11. The van der Waals surface area contributed by atoms with Crippen LogP contribution in [0.25, 0.3) is 5.52 Å². The number of H-pyrrole nitrogens is 1. The summed E-state index contributed by atoms with van der Waals surface area (Å²) in [5, 5.41) is 18.4. The molecule has 32 heavy (non-hydrogen) atoms. The Morgan fingerprint density at radius 1 is 1.41 bits per heavy atom. The van der Waals surface area contributed by atoms with Crippen LogP contribution in [0.4, 0.5) is 17.6 Å². The molecule has 5 heterocycles. The maximum Gasteiger partial charge on any atom is 0.246 e. The Bertz CT molecular complexity index is 1270. The van der Waals surface area contributed by atoms with Gasteiger partial charge in [-0.3, -0.25) is 9.89 Å². The highest BCUT2D eigenvalue weighted by molar-refractivity contribution is 7.09. The molecule has 4 aromatic heterocycles. The van der Waals surface area contributed by atoms with Crippen LogP contribution in [0, 0.1) is 0 Å². The normalized spacial score (nSPS) is 20.8. The number of aromatic nitrogens is 6. The Morgan fingerprint density at radius 3 is 3.12 bits per heavy atom. The Balaban J connectivity index is 1.33. The molecule has 0 unspecified atom stereocenters. The molecule has 2 N–H and O–H groups in total. The standard InChI is InChI=1S/C22H24N8OS/c1-22(17(31)13-19-23-8-11-32-19)7-3-9-29(22)21-25-20(16-4-2-10-30(16)28-21)24-18-12-15(26-27-18)14-5-6-14/h2,4,8,10-12,14H,3,5-7,9,13H2,1H3,(H2,24,25,26,27,28)/t22-/m0/s1. The van der Waals surface area contributed by atoms with E-state index in [1.165, 1.54) is 24.2 Å². The van der Waals surface area contributed by atoms with E-state index in [2.05, 4.69) is 26.6 Å². The Morgan fingerprint density at radius 2 is 2.31 bits per heavy atom. The highest BCUT2D eigenvalue weighted by atomic mass is 32.1. The third-order valence-electron chi connectivity index (χ3n) is 6.52. The van der Waals surface area contributed by atoms with Crippen LogP contribution in [0.3, 0.4) is 0 Å². The molecule has 164 valence electrons. The van der Waals surface area contributed by atoms with E-state index in [1.807, 2.05) is 40.0 Å². The number of carbonyl (C=O) groups is 1. The second kappa shape index (κ2) is 7.40. The van der Waals surface area contributed by atoms with Crippen LogP contribution >= 0.6 is 11.3 Å². The van der Waals surface area contributed by atoms with Gasteiger partial charge in [0, 0.05) is 42.0 Å². The predicted molar refractivity (Wildman–Crippen MR) is 123 cm³/mol. The number of Topliss-reactive ketones (excluding diaryl/α,β-unsaturated/α-hetero) is 1. The minimum Gasteiger partial charge on any atom is -0.327 e. The van der Waals surface area contributed by atoms with Crippen LogP contribution in [-0.2, 0) is 11.2 Å². The van der Waals surface area contributed by atoms with Gasteiger partial charge < -0.3 is 10.2 Å². The lowest BCUT2D eigenvalue weighted by atomic mass is 9.91. The number of fused-ring (bicyclic) bond motifs is 1. The van der Waals surface area contributed by atoms with Crippen LogP contribution in [-0.4, -0.2) is 47.6 Å². The lowest BCUT2D eigenvalue weighted by Crippen LogP contribution is -2.49. The Hall–Kier alpha value is -3.27. The van der Waals surface area contributed by atoms with E-state index >= 15 is 0 Å². The maximum absolute atomic E-state index is 13.3. The largest absolute Gasteiger partial charge is 0.327 e. The van der Waals surface area contributed by atoms with Gasteiger partial charge in [0.1, 0.15) is 5.52 Å². The molecule has 2 fully saturated rings. The van der Waals surface area contributed by atoms with Gasteiger partial charge in [0.05, 0.1) is 17.0 Å². The van der Waals surface area contributed by atoms with Gasteiger partial charge in [-0.05, 0) is 44.7 Å². The van der Waals surface area contributed by atoms with Gasteiger partial charge in [-0.15, -0.1) is 16.4 Å². The molecule has 10 heteroatoms. The van der Waals surface area contributed by atoms with Gasteiger partial charge in [-0.25, -0.2) is 9.50 Å². The maximum atomic E-state index is 13.3. The van der Waals surface area contributed by atoms with E-state index in [0.717, 1.165) is 41.4 Å². The van der Waals surface area contributed by atoms with Crippen LogP contribution in [0.5, 0.6) is 0 Å². The molecule has 0 aromatic carbocycles. The summed E-state index contributed by atoms with van der Waals surface area (Å²) in [6, 6.07) is 5.96. The number of carbonyl (C=O) groups excluding carboxylic acids is 1. The van der Waals surface area contributed by atoms with Crippen molar-refractivity contribution >= 4 is 40.2 Å². The van der Waals surface area contributed by atoms with Crippen molar-refractivity contribution in [3.8, 4) is 0 Å². The number of ketones is 1. The smallest absolute Gasteiger partial charge is 0.246 e. The SMILES string of the molecule is C[C@@]1(C(=O)Cc2nccs2)CCCN1c1nc(Nc2cc(C3CC3)[nH]n2)c2cccn2n1. The van der Waals surface area contributed by atoms with Crippen molar-refractivity contribution in [2.45, 2.75) is 50.5 Å². The van der Waals surface area contributed by atoms with Crippen molar-refractivity contribution in [3.63, 3.8) is 0 Å². The number of nitrogens with zero attached hydrogens (tertiary/aromatic N) is 6. The van der Waals surface area contributed by atoms with Gasteiger partial charge in [-0.2, -0.15) is 10.1 Å². The van der Waals surface area contributed by atoms with Crippen molar-refractivity contribution in [3.05, 3.63) is 46.7 Å². The van der Waals surface area contributed by atoms with Crippen LogP contribution in [0.1, 0.15) is 49.2 Å². The first-order valence-electron chi connectivity index (χ1n) is 11.0. The Kier molecular flexibility index (Phi) is 4.49. The summed E-state index contributed by atoms with van der Waals surface area (Å²) in [4.78, 5) is 24.5. The fourth-order valence-electron chi connectivity index (χ4n) is 4.50. The second-order valence-electron chi connectivity index (χ2n) is 8.76. The molecule has 0 spiro atoms. The number of rotatable bonds is 7. The topological polar surface area (TPSA) is 104 Å². The quantitative estimate of drug-likeness (QED) is 0.444. The van der Waals surface area contributed by atoms with Gasteiger partial charge in [0.25, 0.3) is 0 Å². The number of anilines is 3. The first-order valence-corrected chi connectivity index (χ1v) is 11.9. The van der Waals surface area contributed by atoms with Crippen LogP contribution in [0.15, 0.2) is 36.0 Å². The first-order chi connectivity index (χ1) is 15.6. The summed E-state index contributed by atoms with van der Waals surface area (Å²) < 4.78 is 1.81. The molecule has 1 saturated heterocycles. The zero-order chi connectivity index (χ0) is 21.7. The molecular formula is C22H24N8OS. The molecular weight excluding hydrogens is 424 g/mol. The molecule has 2 aliphatic rings. The molecule has 1 aliphatic carbocycles. The summed E-state index contributed by atoms with van der Waals surface area (Å²) >= 11 is 1.52. The predicted octanol–water partition coefficient (Wildman–Crippen LogP) is 3.70. The highest BCUT2D eigenvalue weighted by Crippen LogP contribution is 2.40. The molecule has 1 aliphatic heterocycles. The molecule has 1 atom stereocenters. The minimum atomic E-state index is -0.657. The van der Waals surface area contributed by atoms with Crippen LogP contribution < -0.4 is 10.2 Å². The van der Waals surface area contributed by atoms with Crippen molar-refractivity contribution < 1.29 is 4.79 Å². The lowest BCUT2D eigenvalue weighted by Gasteiger charge is -2.33. The molecule has 0 amide bonds. The highest BCUT2D eigenvalue weighted by Gasteiger charge is 2.44. The second-order valence-corrected chi connectivity index (χ2v) is 9.74. The van der Waals surface area contributed by atoms with Crippen molar-refractivity contribution in [2.75, 3.05) is 16.8 Å². The molecule has 0 radical (unpaired) electrons. The zero-order valence-electron chi connectivity index (χ0n) is 17.8. The molecule has 0 bridgehead atoms. The van der Waals surface area contributed by atoms with E-state index in [4.69, 9.17) is 10.1 Å².